The van der Waals surface area contributed by atoms with E-state index in [1.165, 1.54) is 22.9 Å². The Bertz CT molecular complexity index is 1590. The maximum Gasteiger partial charge on any atom is 0.410 e. The number of morpholine rings is 1. The number of ether oxygens (including phenoxy) is 2. The van der Waals surface area contributed by atoms with Gasteiger partial charge in [-0.05, 0) is 74.0 Å². The minimum absolute atomic E-state index is 0.136. The summed E-state index contributed by atoms with van der Waals surface area (Å²) in [5, 5.41) is 9.06. The first-order valence-electron chi connectivity index (χ1n) is 16.9. The first-order valence-corrected chi connectivity index (χ1v) is 17.8. The van der Waals surface area contributed by atoms with Crippen molar-refractivity contribution in [3.63, 3.8) is 0 Å². The van der Waals surface area contributed by atoms with E-state index >= 15 is 0 Å². The van der Waals surface area contributed by atoms with Crippen molar-refractivity contribution in [2.75, 3.05) is 56.7 Å². The van der Waals surface area contributed by atoms with Gasteiger partial charge in [-0.1, -0.05) is 67.2 Å². The van der Waals surface area contributed by atoms with Gasteiger partial charge < -0.3 is 34.8 Å². The van der Waals surface area contributed by atoms with E-state index in [-0.39, 0.29) is 19.1 Å². The molecule has 0 spiro atoms. The highest BCUT2D eigenvalue weighted by Gasteiger charge is 2.20. The number of carbonyl (C=O) groups excluding carboxylic acids is 3. The van der Waals surface area contributed by atoms with Crippen molar-refractivity contribution in [1.29, 1.82) is 5.41 Å². The molecular weight excluding hydrogens is 677 g/mol. The molecule has 0 aliphatic carbocycles. The summed E-state index contributed by atoms with van der Waals surface area (Å²) in [7, 11) is 1.90. The lowest BCUT2D eigenvalue weighted by Crippen LogP contribution is -2.38. The second-order valence-electron chi connectivity index (χ2n) is 11.2. The van der Waals surface area contributed by atoms with E-state index in [9.17, 15) is 14.4 Å². The normalized spacial score (nSPS) is 13.0. The number of aliphatic imine (C=N–C) groups is 1. The van der Waals surface area contributed by atoms with Gasteiger partial charge in [0.25, 0.3) is 0 Å². The number of benzene rings is 3. The van der Waals surface area contributed by atoms with Crippen LogP contribution in [0.1, 0.15) is 43.6 Å². The van der Waals surface area contributed by atoms with Crippen LogP contribution in [0.15, 0.2) is 96.1 Å². The Labute approximate surface area is 312 Å². The number of anilines is 2. The standard InChI is InChI=1S/C36H43N5O5S.C2H5N.C2H2/c1-4-19-39(3)35(38-31-15-17-32(18-16-31)40-21-23-45-24-22-40)47-33(26-42)29-11-13-30(14-12-29)37-34(43)25-41(20-5-2)36(44)46-27-28-9-7-6-8-10-28;1-2-3;1-2/h4,6-19,26,33H,5,20-25,27H2,1-3H3,(H,37,43);2-3H,1H3;1-2H/b19-4+,38-35?;;. The van der Waals surface area contributed by atoms with Crippen LogP contribution in [0.25, 0.3) is 0 Å². The van der Waals surface area contributed by atoms with Crippen LogP contribution in [-0.2, 0) is 25.7 Å². The Balaban J connectivity index is 0.00000178. The molecule has 0 saturated carbocycles. The van der Waals surface area contributed by atoms with Crippen LogP contribution in [-0.4, -0.2) is 85.9 Å². The van der Waals surface area contributed by atoms with E-state index in [4.69, 9.17) is 19.9 Å². The van der Waals surface area contributed by atoms with Gasteiger partial charge in [0.1, 0.15) is 19.4 Å². The molecule has 12 heteroatoms. The number of nitrogens with zero attached hydrogens (tertiary/aromatic N) is 4. The molecule has 52 heavy (non-hydrogen) atoms. The minimum Gasteiger partial charge on any atom is -0.445 e. The molecule has 4 rings (SSSR count). The fourth-order valence-electron chi connectivity index (χ4n) is 4.88. The highest BCUT2D eigenvalue weighted by atomic mass is 32.2. The molecule has 11 nitrogen and oxygen atoms in total. The molecular formula is C40H50N6O5S. The molecule has 1 unspecified atom stereocenters. The van der Waals surface area contributed by atoms with Gasteiger partial charge in [0.2, 0.25) is 5.91 Å². The number of rotatable bonds is 13. The van der Waals surface area contributed by atoms with Crippen LogP contribution in [0.3, 0.4) is 0 Å². The quantitative estimate of drug-likeness (QED) is 0.0801. The second kappa shape index (κ2) is 24.7. The molecule has 1 aliphatic heterocycles. The molecule has 1 aliphatic rings. The van der Waals surface area contributed by atoms with Gasteiger partial charge in [0, 0.05) is 44.3 Å². The molecule has 0 bridgehead atoms. The smallest absolute Gasteiger partial charge is 0.410 e. The third-order valence-corrected chi connectivity index (χ3v) is 8.52. The van der Waals surface area contributed by atoms with Crippen molar-refractivity contribution in [3.8, 4) is 12.8 Å². The van der Waals surface area contributed by atoms with E-state index in [0.717, 1.165) is 55.1 Å². The molecule has 276 valence electrons. The fourth-order valence-corrected chi connectivity index (χ4v) is 5.84. The van der Waals surface area contributed by atoms with Gasteiger partial charge in [0.15, 0.2) is 5.17 Å². The molecule has 2 amide bonds. The summed E-state index contributed by atoms with van der Waals surface area (Å²) in [4.78, 5) is 48.3. The lowest BCUT2D eigenvalue weighted by molar-refractivity contribution is -0.117. The van der Waals surface area contributed by atoms with E-state index < -0.39 is 11.3 Å². The van der Waals surface area contributed by atoms with E-state index in [0.29, 0.717) is 23.8 Å². The number of aldehydes is 1. The van der Waals surface area contributed by atoms with E-state index in [2.05, 4.69) is 35.2 Å². The topological polar surface area (TPSA) is 128 Å². The Morgan fingerprint density at radius 2 is 1.67 bits per heavy atom. The molecule has 1 atom stereocenters. The highest BCUT2D eigenvalue weighted by molar-refractivity contribution is 8.14. The molecule has 1 fully saturated rings. The molecule has 0 aromatic heterocycles. The predicted octanol–water partition coefficient (Wildman–Crippen LogP) is 7.54. The average molecular weight is 727 g/mol. The Hall–Kier alpha value is -5.38. The van der Waals surface area contributed by atoms with Crippen LogP contribution >= 0.6 is 11.8 Å². The summed E-state index contributed by atoms with van der Waals surface area (Å²) < 4.78 is 10.9. The zero-order chi connectivity index (χ0) is 38.1. The van der Waals surface area contributed by atoms with Gasteiger partial charge in [-0.25, -0.2) is 9.79 Å². The van der Waals surface area contributed by atoms with Crippen molar-refractivity contribution in [3.05, 3.63) is 102 Å². The van der Waals surface area contributed by atoms with Crippen molar-refractivity contribution in [2.24, 2.45) is 4.99 Å². The first kappa shape index (κ1) is 42.8. The number of thioether (sulfide) groups is 1. The zero-order valence-corrected chi connectivity index (χ0v) is 31.3. The van der Waals surface area contributed by atoms with Crippen LogP contribution in [0.4, 0.5) is 21.9 Å². The number of terminal acetylenes is 1. The zero-order valence-electron chi connectivity index (χ0n) is 30.4. The maximum absolute atomic E-state index is 12.9. The summed E-state index contributed by atoms with van der Waals surface area (Å²) in [6.07, 6.45) is 14.1. The van der Waals surface area contributed by atoms with Crippen LogP contribution in [0.2, 0.25) is 0 Å². The number of allylic oxidation sites excluding steroid dienone is 1. The lowest BCUT2D eigenvalue weighted by Gasteiger charge is -2.28. The second-order valence-corrected chi connectivity index (χ2v) is 12.3. The van der Waals surface area contributed by atoms with Gasteiger partial charge >= 0.3 is 6.09 Å². The van der Waals surface area contributed by atoms with E-state index in [1.807, 2.05) is 92.7 Å². The lowest BCUT2D eigenvalue weighted by atomic mass is 10.1. The number of nitrogens with one attached hydrogen (secondary N) is 2. The Morgan fingerprint density at radius 1 is 1.04 bits per heavy atom. The van der Waals surface area contributed by atoms with Crippen molar-refractivity contribution >= 4 is 58.5 Å². The van der Waals surface area contributed by atoms with Gasteiger partial charge in [0.05, 0.1) is 24.2 Å². The monoisotopic (exact) mass is 726 g/mol. The number of amidine groups is 1. The van der Waals surface area contributed by atoms with Crippen molar-refractivity contribution in [1.82, 2.24) is 9.80 Å². The summed E-state index contributed by atoms with van der Waals surface area (Å²) in [5.74, 6) is -0.341. The summed E-state index contributed by atoms with van der Waals surface area (Å²) in [5.41, 5.74) is 4.11. The van der Waals surface area contributed by atoms with Crippen LogP contribution < -0.4 is 10.2 Å². The van der Waals surface area contributed by atoms with Gasteiger partial charge in [-0.3, -0.25) is 9.69 Å². The Morgan fingerprint density at radius 3 is 2.25 bits per heavy atom. The third-order valence-electron chi connectivity index (χ3n) is 7.30. The molecule has 2 N–H and O–H groups in total. The van der Waals surface area contributed by atoms with Crippen LogP contribution in [0.5, 0.6) is 0 Å². The Kier molecular flexibility index (Phi) is 20.3. The summed E-state index contributed by atoms with van der Waals surface area (Å²) >= 11 is 1.34. The van der Waals surface area contributed by atoms with Crippen molar-refractivity contribution in [2.45, 2.75) is 39.0 Å². The predicted molar refractivity (Wildman–Crippen MR) is 213 cm³/mol. The van der Waals surface area contributed by atoms with Crippen LogP contribution in [0, 0.1) is 18.3 Å². The minimum atomic E-state index is -0.541. The number of carbonyl (C=O) groups is 3. The average Bonchev–Trinajstić information content (AvgIpc) is 3.18. The molecule has 1 saturated heterocycles. The summed E-state index contributed by atoms with van der Waals surface area (Å²) in [6.45, 7) is 9.08. The summed E-state index contributed by atoms with van der Waals surface area (Å²) in [6, 6.07) is 24.6. The largest absolute Gasteiger partial charge is 0.445 e. The SMILES string of the molecule is C#C.C/C=C/N(C)C(=Nc1ccc(N2CCOCC2)cc1)SC(C=O)c1ccc(NC(=O)CN(CCC)C(=O)OCc2ccccc2)cc1.CC=N. The fraction of sp³-hybridized carbons (Fsp3) is 0.325. The van der Waals surface area contributed by atoms with Crippen molar-refractivity contribution < 1.29 is 23.9 Å². The first-order chi connectivity index (χ1) is 25.3. The van der Waals surface area contributed by atoms with E-state index in [1.54, 1.807) is 19.1 Å². The number of amides is 2. The molecule has 3 aromatic rings. The molecule has 3 aromatic carbocycles. The third kappa shape index (κ3) is 14.8. The number of hydrogen-bond acceptors (Lipinski definition) is 9. The van der Waals surface area contributed by atoms with Gasteiger partial charge in [-0.15, -0.1) is 12.8 Å². The molecule has 0 radical (unpaired) electrons. The van der Waals surface area contributed by atoms with Gasteiger partial charge in [-0.2, -0.15) is 0 Å². The molecule has 1 heterocycles. The highest BCUT2D eigenvalue weighted by Crippen LogP contribution is 2.32. The number of hydrogen-bond donors (Lipinski definition) is 2. The maximum atomic E-state index is 12.9.